The van der Waals surface area contributed by atoms with Gasteiger partial charge in [-0.3, -0.25) is 4.79 Å². The lowest BCUT2D eigenvalue weighted by Crippen LogP contribution is -2.45. The maximum Gasteiger partial charge on any atom is 0.233 e. The third-order valence-corrected chi connectivity index (χ3v) is 6.34. The van der Waals surface area contributed by atoms with Gasteiger partial charge in [0.1, 0.15) is 11.4 Å². The summed E-state index contributed by atoms with van der Waals surface area (Å²) in [7, 11) is 0. The predicted octanol–water partition coefficient (Wildman–Crippen LogP) is 5.37. The van der Waals surface area contributed by atoms with Crippen LogP contribution in [0.5, 0.6) is 5.75 Å². The highest BCUT2D eigenvalue weighted by atomic mass is 32.2. The van der Waals surface area contributed by atoms with Crippen LogP contribution in [0.15, 0.2) is 59.5 Å². The van der Waals surface area contributed by atoms with Crippen LogP contribution in [0.1, 0.15) is 51.6 Å². The van der Waals surface area contributed by atoms with E-state index in [1.165, 1.54) is 0 Å². The highest BCUT2D eigenvalue weighted by molar-refractivity contribution is 8.00. The van der Waals surface area contributed by atoms with Gasteiger partial charge in [0.15, 0.2) is 0 Å². The van der Waals surface area contributed by atoms with E-state index in [1.54, 1.807) is 11.8 Å². The largest absolute Gasteiger partial charge is 0.487 e. The Balaban J connectivity index is 1.76. The number of carbonyl (C=O) groups is 1. The minimum atomic E-state index is -0.206. The molecular formula is C22H27NO2S. The molecule has 1 heterocycles. The fourth-order valence-corrected chi connectivity index (χ4v) is 4.37. The van der Waals surface area contributed by atoms with Crippen molar-refractivity contribution in [2.45, 2.75) is 61.8 Å². The smallest absolute Gasteiger partial charge is 0.233 e. The van der Waals surface area contributed by atoms with Crippen molar-refractivity contribution in [3.8, 4) is 5.75 Å². The molecule has 0 aromatic heterocycles. The van der Waals surface area contributed by atoms with E-state index in [9.17, 15) is 4.79 Å². The summed E-state index contributed by atoms with van der Waals surface area (Å²) < 4.78 is 6.33. The summed E-state index contributed by atoms with van der Waals surface area (Å²) in [6, 6.07) is 18.1. The fourth-order valence-electron chi connectivity index (χ4n) is 3.48. The maximum absolute atomic E-state index is 12.8. The lowest BCUT2D eigenvalue weighted by Gasteiger charge is -2.42. The zero-order valence-corrected chi connectivity index (χ0v) is 16.5. The van der Waals surface area contributed by atoms with Crippen LogP contribution in [0.25, 0.3) is 0 Å². The molecule has 0 bridgehead atoms. The normalized spacial score (nSPS) is 19.1. The van der Waals surface area contributed by atoms with Gasteiger partial charge in [-0.1, -0.05) is 50.2 Å². The third kappa shape index (κ3) is 4.07. The van der Waals surface area contributed by atoms with Crippen LogP contribution in [-0.4, -0.2) is 16.8 Å². The molecule has 2 aromatic rings. The summed E-state index contributed by atoms with van der Waals surface area (Å²) in [6.07, 6.45) is 2.67. The molecule has 3 rings (SSSR count). The number of benzene rings is 2. The van der Waals surface area contributed by atoms with E-state index in [1.807, 2.05) is 55.5 Å². The van der Waals surface area contributed by atoms with Gasteiger partial charge in [-0.25, -0.2) is 0 Å². The average molecular weight is 370 g/mol. The van der Waals surface area contributed by atoms with E-state index in [0.29, 0.717) is 0 Å². The Bertz CT molecular complexity index is 743. The van der Waals surface area contributed by atoms with E-state index in [2.05, 4.69) is 25.2 Å². The Morgan fingerprint density at radius 3 is 2.50 bits per heavy atom. The second kappa shape index (κ2) is 8.17. The zero-order chi connectivity index (χ0) is 18.6. The quantitative estimate of drug-likeness (QED) is 0.696. The van der Waals surface area contributed by atoms with E-state index >= 15 is 0 Å². The molecule has 0 aliphatic carbocycles. The first kappa shape index (κ1) is 18.8. The molecule has 0 saturated carbocycles. The van der Waals surface area contributed by atoms with Gasteiger partial charge in [0, 0.05) is 16.9 Å². The minimum Gasteiger partial charge on any atom is -0.487 e. The summed E-state index contributed by atoms with van der Waals surface area (Å²) in [6.45, 7) is 6.28. The number of carbonyl (C=O) groups excluding carboxylic acids is 1. The van der Waals surface area contributed by atoms with Crippen molar-refractivity contribution < 1.29 is 9.53 Å². The molecule has 0 unspecified atom stereocenters. The van der Waals surface area contributed by atoms with Crippen molar-refractivity contribution in [3.05, 3.63) is 60.2 Å². The van der Waals surface area contributed by atoms with Crippen LogP contribution < -0.4 is 10.1 Å². The first-order valence-electron chi connectivity index (χ1n) is 9.37. The van der Waals surface area contributed by atoms with Crippen LogP contribution in [0.2, 0.25) is 0 Å². The van der Waals surface area contributed by atoms with E-state index in [0.717, 1.165) is 35.5 Å². The monoisotopic (exact) mass is 369 g/mol. The van der Waals surface area contributed by atoms with Gasteiger partial charge in [-0.2, -0.15) is 0 Å². The van der Waals surface area contributed by atoms with Crippen LogP contribution in [0.3, 0.4) is 0 Å². The number of amides is 1. The van der Waals surface area contributed by atoms with Crippen LogP contribution in [0.4, 0.5) is 0 Å². The van der Waals surface area contributed by atoms with Gasteiger partial charge in [0.25, 0.3) is 0 Å². The molecule has 26 heavy (non-hydrogen) atoms. The standard InChI is InChI=1S/C22H27NO2S/c1-4-22(5-2)15-19(18-13-9-10-14-20(18)25-22)23-21(24)16(3)26-17-11-7-6-8-12-17/h6-14,16,19H,4-5,15H2,1-3H3,(H,23,24)/t16-,19-/m1/s1. The average Bonchev–Trinajstić information content (AvgIpc) is 2.68. The van der Waals surface area contributed by atoms with E-state index in [4.69, 9.17) is 4.74 Å². The fraction of sp³-hybridized carbons (Fsp3) is 0.409. The first-order valence-corrected chi connectivity index (χ1v) is 10.2. The van der Waals surface area contributed by atoms with Crippen LogP contribution in [-0.2, 0) is 4.79 Å². The molecule has 1 aliphatic heterocycles. The Hall–Kier alpha value is -1.94. The van der Waals surface area contributed by atoms with Crippen molar-refractivity contribution in [2.24, 2.45) is 0 Å². The SMILES string of the molecule is CCC1(CC)C[C@@H](NC(=O)[C@@H](C)Sc2ccccc2)c2ccccc2O1. The molecule has 4 heteroatoms. The van der Waals surface area contributed by atoms with Gasteiger partial charge in [-0.05, 0) is 38.0 Å². The Labute approximate surface area is 160 Å². The number of ether oxygens (including phenoxy) is 1. The van der Waals surface area contributed by atoms with Crippen molar-refractivity contribution >= 4 is 17.7 Å². The summed E-state index contributed by atoms with van der Waals surface area (Å²) >= 11 is 1.59. The molecular weight excluding hydrogens is 342 g/mol. The number of nitrogens with one attached hydrogen (secondary N) is 1. The van der Waals surface area contributed by atoms with Crippen molar-refractivity contribution in [1.82, 2.24) is 5.32 Å². The maximum atomic E-state index is 12.8. The van der Waals surface area contributed by atoms with Gasteiger partial charge in [0.2, 0.25) is 5.91 Å². The number of rotatable bonds is 6. The second-order valence-corrected chi connectivity index (χ2v) is 8.28. The van der Waals surface area contributed by atoms with Gasteiger partial charge < -0.3 is 10.1 Å². The Morgan fingerprint density at radius 2 is 1.81 bits per heavy atom. The Kier molecular flexibility index (Phi) is 5.92. The number of hydrogen-bond donors (Lipinski definition) is 1. The van der Waals surface area contributed by atoms with Crippen molar-refractivity contribution in [2.75, 3.05) is 0 Å². The molecule has 0 saturated heterocycles. The molecule has 0 radical (unpaired) electrons. The van der Waals surface area contributed by atoms with Crippen molar-refractivity contribution in [3.63, 3.8) is 0 Å². The predicted molar refractivity (Wildman–Crippen MR) is 108 cm³/mol. The topological polar surface area (TPSA) is 38.3 Å². The highest BCUT2D eigenvalue weighted by Gasteiger charge is 2.39. The van der Waals surface area contributed by atoms with Crippen LogP contribution >= 0.6 is 11.8 Å². The van der Waals surface area contributed by atoms with E-state index < -0.39 is 0 Å². The second-order valence-electron chi connectivity index (χ2n) is 6.87. The summed E-state index contributed by atoms with van der Waals surface area (Å²) in [5.41, 5.74) is 0.873. The third-order valence-electron chi connectivity index (χ3n) is 5.23. The van der Waals surface area contributed by atoms with Crippen LogP contribution in [0, 0.1) is 0 Å². The highest BCUT2D eigenvalue weighted by Crippen LogP contribution is 2.42. The molecule has 0 spiro atoms. The van der Waals surface area contributed by atoms with Gasteiger partial charge in [0.05, 0.1) is 11.3 Å². The van der Waals surface area contributed by atoms with E-state index in [-0.39, 0.29) is 22.8 Å². The molecule has 0 fully saturated rings. The number of para-hydroxylation sites is 1. The number of thioether (sulfide) groups is 1. The summed E-state index contributed by atoms with van der Waals surface area (Å²) in [4.78, 5) is 14.0. The molecule has 1 N–H and O–H groups in total. The van der Waals surface area contributed by atoms with Gasteiger partial charge in [-0.15, -0.1) is 11.8 Å². The summed E-state index contributed by atoms with van der Waals surface area (Å²) in [5.74, 6) is 0.970. The first-order chi connectivity index (χ1) is 12.6. The van der Waals surface area contributed by atoms with Crippen molar-refractivity contribution in [1.29, 1.82) is 0 Å². The number of hydrogen-bond acceptors (Lipinski definition) is 3. The summed E-state index contributed by atoms with van der Waals surface area (Å²) in [5, 5.41) is 3.13. The minimum absolute atomic E-state index is 0.00817. The lowest BCUT2D eigenvalue weighted by atomic mass is 9.83. The molecule has 2 atom stereocenters. The molecule has 3 nitrogen and oxygen atoms in total. The molecule has 2 aromatic carbocycles. The molecule has 138 valence electrons. The number of fused-ring (bicyclic) bond motifs is 1. The van der Waals surface area contributed by atoms with Gasteiger partial charge >= 0.3 is 0 Å². The molecule has 1 aliphatic rings. The molecule has 1 amide bonds. The lowest BCUT2D eigenvalue weighted by molar-refractivity contribution is -0.121. The Morgan fingerprint density at radius 1 is 1.15 bits per heavy atom. The zero-order valence-electron chi connectivity index (χ0n) is 15.7.